The first-order valence-corrected chi connectivity index (χ1v) is 4.94. The number of amidine groups is 1. The van der Waals surface area contributed by atoms with E-state index in [2.05, 4.69) is 29.1 Å². The number of carbonyl (C=O) groups excluding carboxylic acids is 1. The van der Waals surface area contributed by atoms with E-state index in [4.69, 9.17) is 5.73 Å². The highest BCUT2D eigenvalue weighted by Gasteiger charge is 2.46. The van der Waals surface area contributed by atoms with Crippen LogP contribution in [0.2, 0.25) is 0 Å². The molecule has 1 spiro atoms. The maximum Gasteiger partial charge on any atom is 0.343 e. The van der Waals surface area contributed by atoms with Crippen molar-refractivity contribution in [2.75, 3.05) is 13.1 Å². The number of likely N-dealkylation sites (tertiary alicyclic amines) is 1. The molecule has 0 bridgehead atoms. The number of rotatable bonds is 1. The van der Waals surface area contributed by atoms with Crippen LogP contribution >= 0.6 is 0 Å². The molecule has 1 fully saturated rings. The van der Waals surface area contributed by atoms with Crippen molar-refractivity contribution in [3.05, 3.63) is 0 Å². The number of urea groups is 1. The number of carbonyl (C=O) groups is 1. The molecule has 2 heterocycles. The van der Waals surface area contributed by atoms with E-state index in [0.717, 1.165) is 19.5 Å². The van der Waals surface area contributed by atoms with Gasteiger partial charge in [-0.3, -0.25) is 4.90 Å². The molecule has 2 amide bonds. The van der Waals surface area contributed by atoms with Crippen LogP contribution in [0, 0.1) is 0 Å². The third kappa shape index (κ3) is 1.28. The molecule has 3 N–H and O–H groups in total. The van der Waals surface area contributed by atoms with E-state index in [9.17, 15) is 4.79 Å². The molecule has 2 aliphatic rings. The Morgan fingerprint density at radius 3 is 2.79 bits per heavy atom. The molecule has 1 atom stereocenters. The van der Waals surface area contributed by atoms with Gasteiger partial charge in [0.1, 0.15) is 11.4 Å². The highest BCUT2D eigenvalue weighted by Crippen LogP contribution is 2.26. The molecular weight excluding hydrogens is 180 g/mol. The van der Waals surface area contributed by atoms with Crippen LogP contribution < -0.4 is 11.1 Å². The van der Waals surface area contributed by atoms with Gasteiger partial charge in [0.25, 0.3) is 0 Å². The van der Waals surface area contributed by atoms with E-state index in [1.165, 1.54) is 0 Å². The highest BCUT2D eigenvalue weighted by molar-refractivity contribution is 6.06. The first-order valence-electron chi connectivity index (χ1n) is 4.94. The van der Waals surface area contributed by atoms with E-state index in [0.29, 0.717) is 11.9 Å². The Morgan fingerprint density at radius 1 is 1.64 bits per heavy atom. The van der Waals surface area contributed by atoms with Gasteiger partial charge in [0, 0.05) is 19.1 Å². The number of amides is 2. The van der Waals surface area contributed by atoms with Crippen LogP contribution in [0.25, 0.3) is 0 Å². The van der Waals surface area contributed by atoms with Gasteiger partial charge in [-0.25, -0.2) is 4.79 Å². The minimum absolute atomic E-state index is 0.298. The van der Waals surface area contributed by atoms with Gasteiger partial charge in [0.05, 0.1) is 0 Å². The van der Waals surface area contributed by atoms with Gasteiger partial charge in [-0.15, -0.1) is 0 Å². The second-order valence-electron chi connectivity index (χ2n) is 4.32. The maximum absolute atomic E-state index is 11.1. The topological polar surface area (TPSA) is 70.7 Å². The van der Waals surface area contributed by atoms with Crippen molar-refractivity contribution < 1.29 is 4.79 Å². The molecule has 0 radical (unpaired) electrons. The second kappa shape index (κ2) is 2.95. The fourth-order valence-electron chi connectivity index (χ4n) is 2.10. The smallest absolute Gasteiger partial charge is 0.343 e. The second-order valence-corrected chi connectivity index (χ2v) is 4.32. The van der Waals surface area contributed by atoms with Gasteiger partial charge in [-0.2, -0.15) is 4.99 Å². The van der Waals surface area contributed by atoms with E-state index >= 15 is 0 Å². The fourth-order valence-corrected chi connectivity index (χ4v) is 2.10. The van der Waals surface area contributed by atoms with Gasteiger partial charge >= 0.3 is 6.03 Å². The first kappa shape index (κ1) is 9.45. The zero-order chi connectivity index (χ0) is 10.3. The molecule has 5 heteroatoms. The molecule has 0 aromatic carbocycles. The summed E-state index contributed by atoms with van der Waals surface area (Å²) in [6, 6.07) is 0.188. The lowest BCUT2D eigenvalue weighted by atomic mass is 9.98. The monoisotopic (exact) mass is 196 g/mol. The molecule has 0 aromatic heterocycles. The number of hydrogen-bond donors (Lipinski definition) is 2. The Labute approximate surface area is 83.4 Å². The molecule has 0 saturated carbocycles. The van der Waals surface area contributed by atoms with Crippen LogP contribution in [0.5, 0.6) is 0 Å². The summed E-state index contributed by atoms with van der Waals surface area (Å²) in [5, 5.41) is 2.85. The number of aliphatic imine (C=N–C) groups is 1. The molecule has 5 nitrogen and oxygen atoms in total. The quantitative estimate of drug-likeness (QED) is 0.616. The third-order valence-corrected chi connectivity index (χ3v) is 3.09. The summed E-state index contributed by atoms with van der Waals surface area (Å²) >= 11 is 0. The summed E-state index contributed by atoms with van der Waals surface area (Å²) < 4.78 is 0. The third-order valence-electron chi connectivity index (χ3n) is 3.09. The summed E-state index contributed by atoms with van der Waals surface area (Å²) in [7, 11) is 0. The zero-order valence-corrected chi connectivity index (χ0v) is 8.58. The van der Waals surface area contributed by atoms with E-state index in [1.54, 1.807) is 0 Å². The predicted molar refractivity (Wildman–Crippen MR) is 54.2 cm³/mol. The van der Waals surface area contributed by atoms with E-state index in [-0.39, 0.29) is 11.6 Å². The highest BCUT2D eigenvalue weighted by atomic mass is 16.2. The first-order chi connectivity index (χ1) is 6.53. The molecule has 1 saturated heterocycles. The van der Waals surface area contributed by atoms with Crippen LogP contribution in [0.4, 0.5) is 4.79 Å². The molecule has 0 aromatic rings. The molecule has 2 aliphatic heterocycles. The fraction of sp³-hybridized carbons (Fsp3) is 0.778. The predicted octanol–water partition coefficient (Wildman–Crippen LogP) is -0.0803. The summed E-state index contributed by atoms with van der Waals surface area (Å²) in [5.74, 6) is 0.450. The number of nitrogens with zero attached hydrogens (tertiary/aromatic N) is 2. The minimum Gasteiger partial charge on any atom is -0.385 e. The van der Waals surface area contributed by atoms with Crippen molar-refractivity contribution in [1.29, 1.82) is 0 Å². The van der Waals surface area contributed by atoms with Crippen LogP contribution in [-0.4, -0.2) is 41.4 Å². The Bertz CT molecular complexity index is 299. The lowest BCUT2D eigenvalue weighted by Gasteiger charge is -2.25. The summed E-state index contributed by atoms with van der Waals surface area (Å²) in [5.41, 5.74) is 5.39. The van der Waals surface area contributed by atoms with Gasteiger partial charge in [-0.05, 0) is 20.3 Å². The lowest BCUT2D eigenvalue weighted by Crippen LogP contribution is -2.54. The van der Waals surface area contributed by atoms with Crippen LogP contribution in [0.3, 0.4) is 0 Å². The van der Waals surface area contributed by atoms with Gasteiger partial charge in [0.2, 0.25) is 0 Å². The molecule has 2 rings (SSSR count). The molecule has 78 valence electrons. The van der Waals surface area contributed by atoms with Crippen molar-refractivity contribution in [2.45, 2.75) is 31.8 Å². The summed E-state index contributed by atoms with van der Waals surface area (Å²) in [4.78, 5) is 17.1. The number of hydrogen-bond acceptors (Lipinski definition) is 3. The van der Waals surface area contributed by atoms with Gasteiger partial charge in [0.15, 0.2) is 0 Å². The average Bonchev–Trinajstić information content (AvgIpc) is 2.59. The minimum atomic E-state index is -0.374. The summed E-state index contributed by atoms with van der Waals surface area (Å²) in [6.45, 7) is 6.03. The van der Waals surface area contributed by atoms with E-state index in [1.807, 2.05) is 0 Å². The lowest BCUT2D eigenvalue weighted by molar-refractivity contribution is 0.240. The van der Waals surface area contributed by atoms with Crippen LogP contribution in [0.15, 0.2) is 4.99 Å². The average molecular weight is 196 g/mol. The van der Waals surface area contributed by atoms with Crippen LogP contribution in [-0.2, 0) is 0 Å². The number of nitrogens with two attached hydrogens (primary N) is 1. The van der Waals surface area contributed by atoms with Crippen molar-refractivity contribution in [1.82, 2.24) is 10.2 Å². The molecular formula is C9H16N4O. The largest absolute Gasteiger partial charge is 0.385 e. The zero-order valence-electron chi connectivity index (χ0n) is 8.58. The van der Waals surface area contributed by atoms with Crippen molar-refractivity contribution in [2.24, 2.45) is 10.7 Å². The van der Waals surface area contributed by atoms with Crippen molar-refractivity contribution >= 4 is 11.9 Å². The molecule has 0 aliphatic carbocycles. The van der Waals surface area contributed by atoms with Crippen molar-refractivity contribution in [3.63, 3.8) is 0 Å². The Hall–Kier alpha value is -1.10. The Kier molecular flexibility index (Phi) is 1.99. The molecule has 1 unspecified atom stereocenters. The SMILES string of the molecule is CC(C)N1CCC2(C1)NC(=O)N=C2N. The van der Waals surface area contributed by atoms with E-state index < -0.39 is 0 Å². The molecule has 14 heavy (non-hydrogen) atoms. The Balaban J connectivity index is 2.15. The van der Waals surface area contributed by atoms with Gasteiger partial charge < -0.3 is 11.1 Å². The maximum atomic E-state index is 11.1. The van der Waals surface area contributed by atoms with Crippen LogP contribution in [0.1, 0.15) is 20.3 Å². The van der Waals surface area contributed by atoms with Gasteiger partial charge in [-0.1, -0.05) is 0 Å². The van der Waals surface area contributed by atoms with Crippen molar-refractivity contribution in [3.8, 4) is 0 Å². The normalized spacial score (nSPS) is 32.8. The number of nitrogens with one attached hydrogen (secondary N) is 1. The standard InChI is InChI=1S/C9H16N4O/c1-6(2)13-4-3-9(5-13)7(10)11-8(14)12-9/h6H,3-5H2,1-2H3,(H3,10,11,12,14). The summed E-state index contributed by atoms with van der Waals surface area (Å²) in [6.07, 6.45) is 0.867. The Morgan fingerprint density at radius 2 is 2.36 bits per heavy atom.